The summed E-state index contributed by atoms with van der Waals surface area (Å²) >= 11 is 0. The number of rotatable bonds is 4. The van der Waals surface area contributed by atoms with Crippen molar-refractivity contribution < 1.29 is 36.2 Å². The maximum atomic E-state index is 12.9. The number of halogens is 5. The van der Waals surface area contributed by atoms with E-state index in [1.54, 1.807) is 0 Å². The monoisotopic (exact) mass is 299 g/mol. The molecule has 1 aromatic heterocycles. The molecule has 0 saturated carbocycles. The fraction of sp³-hybridized carbons (Fsp3) is 0.455. The number of methoxy groups -OCH3 is 1. The molecule has 0 radical (unpaired) electrons. The Balaban J connectivity index is 3.57. The highest BCUT2D eigenvalue weighted by molar-refractivity contribution is 5.92. The molecule has 20 heavy (non-hydrogen) atoms. The van der Waals surface area contributed by atoms with E-state index in [2.05, 4.69) is 14.5 Å². The van der Waals surface area contributed by atoms with Gasteiger partial charge in [0.15, 0.2) is 0 Å². The molecule has 0 aliphatic carbocycles. The van der Waals surface area contributed by atoms with Crippen LogP contribution in [0.1, 0.15) is 35.0 Å². The Morgan fingerprint density at radius 3 is 2.40 bits per heavy atom. The molecule has 0 saturated heterocycles. The van der Waals surface area contributed by atoms with Crippen LogP contribution in [-0.2, 0) is 10.9 Å². The Labute approximate surface area is 110 Å². The molecule has 0 fully saturated rings. The lowest BCUT2D eigenvalue weighted by atomic mass is 10.1. The Bertz CT molecular complexity index is 502. The van der Waals surface area contributed by atoms with Crippen molar-refractivity contribution in [2.75, 3.05) is 13.7 Å². The minimum Gasteiger partial charge on any atom is -0.495 e. The largest absolute Gasteiger partial charge is 0.495 e. The molecule has 0 aromatic carbocycles. The van der Waals surface area contributed by atoms with E-state index >= 15 is 0 Å². The molecule has 112 valence electrons. The molecular weight excluding hydrogens is 289 g/mol. The first kappa shape index (κ1) is 16.1. The van der Waals surface area contributed by atoms with Crippen molar-refractivity contribution in [1.29, 1.82) is 0 Å². The molecule has 1 aromatic rings. The number of carbonyl (C=O) groups is 1. The van der Waals surface area contributed by atoms with E-state index in [1.807, 2.05) is 0 Å². The highest BCUT2D eigenvalue weighted by Crippen LogP contribution is 2.42. The highest BCUT2D eigenvalue weighted by atomic mass is 19.4. The summed E-state index contributed by atoms with van der Waals surface area (Å²) < 4.78 is 72.9. The maximum absolute atomic E-state index is 12.9. The minimum atomic E-state index is -5.15. The third-order valence-corrected chi connectivity index (χ3v) is 2.25. The van der Waals surface area contributed by atoms with Gasteiger partial charge in [0.2, 0.25) is 0 Å². The average molecular weight is 299 g/mol. The molecule has 1 rings (SSSR count). The van der Waals surface area contributed by atoms with Crippen molar-refractivity contribution >= 4 is 5.97 Å². The lowest BCUT2D eigenvalue weighted by molar-refractivity contribution is -0.141. The number of hydrogen-bond acceptors (Lipinski definition) is 4. The number of hydrogen-bond donors (Lipinski definition) is 0. The van der Waals surface area contributed by atoms with Crippen LogP contribution in [0.5, 0.6) is 5.75 Å². The van der Waals surface area contributed by atoms with Gasteiger partial charge < -0.3 is 9.47 Å². The van der Waals surface area contributed by atoms with E-state index in [9.17, 15) is 26.7 Å². The van der Waals surface area contributed by atoms with Crippen molar-refractivity contribution in [3.05, 3.63) is 23.0 Å². The molecule has 0 atom stereocenters. The standard InChI is InChI=1S/C11H10F5NO3/c1-3-20-10(18)5-4-17-7(9(12)13)6(8(5)19-2)11(14,15)16/h4,9H,3H2,1-2H3. The van der Waals surface area contributed by atoms with Crippen molar-refractivity contribution in [1.82, 2.24) is 4.98 Å². The molecule has 9 heteroatoms. The van der Waals surface area contributed by atoms with Crippen molar-refractivity contribution in [2.45, 2.75) is 19.5 Å². The second kappa shape index (κ2) is 6.02. The molecule has 4 nitrogen and oxygen atoms in total. The lowest BCUT2D eigenvalue weighted by Gasteiger charge is -2.17. The number of carbonyl (C=O) groups excluding carboxylic acids is 1. The van der Waals surface area contributed by atoms with E-state index < -0.39 is 41.1 Å². The number of esters is 1. The summed E-state index contributed by atoms with van der Waals surface area (Å²) in [5.74, 6) is -2.16. The zero-order valence-corrected chi connectivity index (χ0v) is 10.4. The van der Waals surface area contributed by atoms with Gasteiger partial charge in [0, 0.05) is 6.20 Å². The van der Waals surface area contributed by atoms with Gasteiger partial charge >= 0.3 is 12.1 Å². The first-order valence-electron chi connectivity index (χ1n) is 5.33. The van der Waals surface area contributed by atoms with Gasteiger partial charge in [-0.2, -0.15) is 13.2 Å². The summed E-state index contributed by atoms with van der Waals surface area (Å²) in [6, 6.07) is 0. The Kier molecular flexibility index (Phi) is 4.85. The van der Waals surface area contributed by atoms with E-state index in [1.165, 1.54) is 6.92 Å². The van der Waals surface area contributed by atoms with Crippen molar-refractivity contribution in [2.24, 2.45) is 0 Å². The molecule has 0 bridgehead atoms. The Hall–Kier alpha value is -1.93. The van der Waals surface area contributed by atoms with Crippen LogP contribution in [-0.4, -0.2) is 24.7 Å². The van der Waals surface area contributed by atoms with Gasteiger partial charge in [-0.25, -0.2) is 13.6 Å². The third-order valence-electron chi connectivity index (χ3n) is 2.25. The van der Waals surface area contributed by atoms with E-state index in [-0.39, 0.29) is 6.61 Å². The normalized spacial score (nSPS) is 11.6. The second-order valence-electron chi connectivity index (χ2n) is 3.48. The molecular formula is C11H10F5NO3. The number of nitrogens with zero attached hydrogens (tertiary/aromatic N) is 1. The maximum Gasteiger partial charge on any atom is 0.421 e. The van der Waals surface area contributed by atoms with E-state index in [0.29, 0.717) is 6.20 Å². The highest BCUT2D eigenvalue weighted by Gasteiger charge is 2.42. The van der Waals surface area contributed by atoms with Gasteiger partial charge in [0.05, 0.1) is 13.7 Å². The van der Waals surface area contributed by atoms with Crippen LogP contribution in [0.4, 0.5) is 22.0 Å². The summed E-state index contributed by atoms with van der Waals surface area (Å²) in [4.78, 5) is 14.5. The van der Waals surface area contributed by atoms with Gasteiger partial charge in [-0.05, 0) is 6.92 Å². The minimum absolute atomic E-state index is 0.0973. The third kappa shape index (κ3) is 3.14. The van der Waals surface area contributed by atoms with Crippen LogP contribution >= 0.6 is 0 Å². The van der Waals surface area contributed by atoms with Crippen LogP contribution in [0, 0.1) is 0 Å². The van der Waals surface area contributed by atoms with E-state index in [4.69, 9.17) is 0 Å². The number of pyridine rings is 1. The molecule has 1 heterocycles. The quantitative estimate of drug-likeness (QED) is 0.632. The van der Waals surface area contributed by atoms with Gasteiger partial charge in [-0.15, -0.1) is 0 Å². The van der Waals surface area contributed by atoms with Gasteiger partial charge in [-0.1, -0.05) is 0 Å². The Morgan fingerprint density at radius 1 is 1.40 bits per heavy atom. The van der Waals surface area contributed by atoms with Crippen LogP contribution in [0.25, 0.3) is 0 Å². The predicted octanol–water partition coefficient (Wildman–Crippen LogP) is 3.22. The van der Waals surface area contributed by atoms with Gasteiger partial charge in [-0.3, -0.25) is 4.98 Å². The zero-order valence-electron chi connectivity index (χ0n) is 10.4. The van der Waals surface area contributed by atoms with Gasteiger partial charge in [0.25, 0.3) is 6.43 Å². The summed E-state index contributed by atoms with van der Waals surface area (Å²) in [7, 11) is 0.836. The van der Waals surface area contributed by atoms with Crippen LogP contribution < -0.4 is 4.74 Å². The second-order valence-corrected chi connectivity index (χ2v) is 3.48. The zero-order chi connectivity index (χ0) is 15.5. The van der Waals surface area contributed by atoms with Crippen molar-refractivity contribution in [3.8, 4) is 5.75 Å². The van der Waals surface area contributed by atoms with Crippen LogP contribution in [0.3, 0.4) is 0 Å². The Morgan fingerprint density at radius 2 is 2.00 bits per heavy atom. The molecule has 0 spiro atoms. The number of alkyl halides is 5. The smallest absolute Gasteiger partial charge is 0.421 e. The topological polar surface area (TPSA) is 48.4 Å². The molecule has 0 amide bonds. The van der Waals surface area contributed by atoms with Gasteiger partial charge in [0.1, 0.15) is 22.6 Å². The molecule has 0 unspecified atom stereocenters. The number of aromatic nitrogens is 1. The molecule has 0 aliphatic rings. The SMILES string of the molecule is CCOC(=O)c1cnc(C(F)F)c(C(F)(F)F)c1OC. The predicted molar refractivity (Wildman–Crippen MR) is 56.7 cm³/mol. The fourth-order valence-corrected chi connectivity index (χ4v) is 1.51. The number of ether oxygens (including phenoxy) is 2. The molecule has 0 N–H and O–H groups in total. The van der Waals surface area contributed by atoms with Crippen LogP contribution in [0.2, 0.25) is 0 Å². The average Bonchev–Trinajstić information content (AvgIpc) is 2.35. The first-order valence-corrected chi connectivity index (χ1v) is 5.33. The lowest BCUT2D eigenvalue weighted by Crippen LogP contribution is -2.17. The fourth-order valence-electron chi connectivity index (χ4n) is 1.51. The molecule has 0 aliphatic heterocycles. The first-order chi connectivity index (χ1) is 9.23. The summed E-state index contributed by atoms with van der Waals surface area (Å²) in [5.41, 5.74) is -3.94. The van der Waals surface area contributed by atoms with Crippen LogP contribution in [0.15, 0.2) is 6.20 Å². The van der Waals surface area contributed by atoms with E-state index in [0.717, 1.165) is 7.11 Å². The summed E-state index contributed by atoms with van der Waals surface area (Å²) in [6.45, 7) is 1.34. The van der Waals surface area contributed by atoms with Crippen molar-refractivity contribution in [3.63, 3.8) is 0 Å². The summed E-state index contributed by atoms with van der Waals surface area (Å²) in [6.07, 6.45) is -8.03. The summed E-state index contributed by atoms with van der Waals surface area (Å²) in [5, 5.41) is 0.